The molecule has 3 N–H and O–H groups in total. The summed E-state index contributed by atoms with van der Waals surface area (Å²) in [7, 11) is 0. The summed E-state index contributed by atoms with van der Waals surface area (Å²) in [6.07, 6.45) is 5.93. The molecule has 3 unspecified atom stereocenters. The monoisotopic (exact) mass is 461 g/mol. The smallest absolute Gasteiger partial charge is 0.387 e. The summed E-state index contributed by atoms with van der Waals surface area (Å²) >= 11 is 0. The van der Waals surface area contributed by atoms with E-state index in [1.165, 1.54) is 18.2 Å². The highest BCUT2D eigenvalue weighted by Gasteiger charge is 2.45. The molecule has 0 spiro atoms. The Hall–Kier alpha value is -2.56. The molecule has 5 atom stereocenters. The van der Waals surface area contributed by atoms with Crippen molar-refractivity contribution < 1.29 is 23.1 Å². The van der Waals surface area contributed by atoms with Crippen molar-refractivity contribution >= 4 is 17.9 Å². The minimum absolute atomic E-state index is 0.0671. The van der Waals surface area contributed by atoms with Gasteiger partial charge in [-0.05, 0) is 43.0 Å². The third-order valence-corrected chi connectivity index (χ3v) is 7.35. The first-order valence-electron chi connectivity index (χ1n) is 11.5. The second-order valence-corrected chi connectivity index (χ2v) is 9.42. The molecule has 0 bridgehead atoms. The Bertz CT molecular complexity index is 898. The van der Waals surface area contributed by atoms with E-state index in [4.69, 9.17) is 0 Å². The summed E-state index contributed by atoms with van der Waals surface area (Å²) in [5, 5.41) is 0. The van der Waals surface area contributed by atoms with Gasteiger partial charge in [0.1, 0.15) is 5.75 Å². The second kappa shape index (κ2) is 9.36. The van der Waals surface area contributed by atoms with Crippen LogP contribution in [0, 0.1) is 17.8 Å². The minimum atomic E-state index is -2.86. The Morgan fingerprint density at radius 1 is 0.970 bits per heavy atom. The van der Waals surface area contributed by atoms with Gasteiger partial charge in [-0.1, -0.05) is 12.1 Å². The summed E-state index contributed by atoms with van der Waals surface area (Å²) in [6.45, 7) is -0.107. The van der Waals surface area contributed by atoms with Crippen LogP contribution in [0.4, 0.5) is 8.78 Å². The molecule has 3 heterocycles. The highest BCUT2D eigenvalue weighted by molar-refractivity contribution is 5.92. The predicted molar refractivity (Wildman–Crippen MR) is 117 cm³/mol. The number of nitrogens with one attached hydrogen (secondary N) is 3. The Morgan fingerprint density at radius 2 is 1.64 bits per heavy atom. The van der Waals surface area contributed by atoms with Crippen LogP contribution in [0.25, 0.3) is 6.08 Å². The Balaban J connectivity index is 1.10. The van der Waals surface area contributed by atoms with Crippen LogP contribution in [0.5, 0.6) is 5.75 Å². The van der Waals surface area contributed by atoms with Gasteiger partial charge >= 0.3 is 6.61 Å². The number of carbonyl (C=O) groups excluding carboxylic acids is 2. The average Bonchev–Trinajstić information content (AvgIpc) is 3.51. The van der Waals surface area contributed by atoms with Crippen molar-refractivity contribution in [2.24, 2.45) is 17.8 Å². The van der Waals surface area contributed by atoms with Gasteiger partial charge in [0, 0.05) is 62.1 Å². The number of halogens is 2. The summed E-state index contributed by atoms with van der Waals surface area (Å²) < 4.78 is 28.8. The number of benzene rings is 1. The van der Waals surface area contributed by atoms with E-state index in [0.29, 0.717) is 37.0 Å². The lowest BCUT2D eigenvalue weighted by Crippen LogP contribution is -2.45. The first kappa shape index (κ1) is 22.2. The number of hydrazine groups is 2. The molecule has 2 amide bonds. The van der Waals surface area contributed by atoms with E-state index in [9.17, 15) is 18.4 Å². The van der Waals surface area contributed by atoms with E-state index in [1.807, 2.05) is 9.80 Å². The van der Waals surface area contributed by atoms with Crippen molar-refractivity contribution in [3.63, 3.8) is 0 Å². The molecular formula is C23H29F2N5O3. The van der Waals surface area contributed by atoms with Gasteiger partial charge in [0.25, 0.3) is 0 Å². The Kier molecular flexibility index (Phi) is 6.31. The number of alkyl halides is 2. The van der Waals surface area contributed by atoms with Gasteiger partial charge in [-0.3, -0.25) is 9.59 Å². The van der Waals surface area contributed by atoms with Crippen molar-refractivity contribution in [2.75, 3.05) is 26.2 Å². The second-order valence-electron chi connectivity index (χ2n) is 9.42. The molecule has 5 rings (SSSR count). The number of amides is 2. The number of ether oxygens (including phenoxy) is 1. The van der Waals surface area contributed by atoms with Crippen LogP contribution in [0.3, 0.4) is 0 Å². The number of nitrogens with zero attached hydrogens (tertiary/aromatic N) is 2. The van der Waals surface area contributed by atoms with E-state index in [0.717, 1.165) is 37.9 Å². The fraction of sp³-hybridized carbons (Fsp3) is 0.565. The Labute approximate surface area is 191 Å². The van der Waals surface area contributed by atoms with Crippen molar-refractivity contribution in [3.8, 4) is 5.75 Å². The topological polar surface area (TPSA) is 85.9 Å². The van der Waals surface area contributed by atoms with Crippen molar-refractivity contribution in [2.45, 2.75) is 38.0 Å². The van der Waals surface area contributed by atoms with Crippen LogP contribution >= 0.6 is 0 Å². The zero-order valence-corrected chi connectivity index (χ0v) is 18.3. The van der Waals surface area contributed by atoms with Crippen molar-refractivity contribution in [1.29, 1.82) is 0 Å². The summed E-state index contributed by atoms with van der Waals surface area (Å²) in [4.78, 5) is 29.6. The number of likely N-dealkylation sites (tertiary alicyclic amines) is 2. The molecule has 0 radical (unpaired) electrons. The highest BCUT2D eigenvalue weighted by Crippen LogP contribution is 2.34. The van der Waals surface area contributed by atoms with Crippen LogP contribution in [-0.4, -0.2) is 66.5 Å². The van der Waals surface area contributed by atoms with E-state index >= 15 is 0 Å². The molecule has 1 aromatic rings. The molecule has 1 saturated carbocycles. The third kappa shape index (κ3) is 4.87. The standard InChI is InChI=1S/C23H29F2N5O3/c24-23(25)33-18-5-1-14(2-6-18)3-8-21(31)29-10-16-12-30(13-17(16)11-29)22(32)15-4-7-19-20(9-15)27-28-26-19/h1-3,5-6,8,15-17,19-20,23,26-28H,4,7,9-13H2/b8-3+/t15?,16-,17-,19?,20?/m1/s1. The molecule has 33 heavy (non-hydrogen) atoms. The van der Waals surface area contributed by atoms with Gasteiger partial charge < -0.3 is 14.5 Å². The van der Waals surface area contributed by atoms with Gasteiger partial charge in [-0.25, -0.2) is 10.9 Å². The van der Waals surface area contributed by atoms with Gasteiger partial charge in [-0.2, -0.15) is 14.3 Å². The van der Waals surface area contributed by atoms with E-state index in [1.54, 1.807) is 18.2 Å². The fourth-order valence-electron chi connectivity index (χ4n) is 5.60. The van der Waals surface area contributed by atoms with Gasteiger partial charge in [-0.15, -0.1) is 0 Å². The first-order chi connectivity index (χ1) is 16.0. The average molecular weight is 462 g/mol. The van der Waals surface area contributed by atoms with E-state index in [-0.39, 0.29) is 23.5 Å². The zero-order chi connectivity index (χ0) is 22.9. The maximum atomic E-state index is 13.1. The van der Waals surface area contributed by atoms with Gasteiger partial charge in [0.15, 0.2) is 0 Å². The first-order valence-corrected chi connectivity index (χ1v) is 11.5. The molecule has 1 aliphatic carbocycles. The molecule has 4 aliphatic rings. The van der Waals surface area contributed by atoms with Gasteiger partial charge in [0.05, 0.1) is 0 Å². The SMILES string of the molecule is O=C(/C=C/c1ccc(OC(F)F)cc1)N1C[C@@H]2CN(C(=O)C3CCC4NNNC4C3)C[C@H]2C1. The summed E-state index contributed by atoms with van der Waals surface area (Å²) in [5.41, 5.74) is 10.1. The molecule has 3 aliphatic heterocycles. The molecule has 10 heteroatoms. The molecule has 3 saturated heterocycles. The number of carbonyl (C=O) groups is 2. The van der Waals surface area contributed by atoms with Crippen molar-refractivity contribution in [3.05, 3.63) is 35.9 Å². The summed E-state index contributed by atoms with van der Waals surface area (Å²) in [6, 6.07) is 6.84. The molecule has 0 aromatic heterocycles. The van der Waals surface area contributed by atoms with E-state index < -0.39 is 6.61 Å². The fourth-order valence-corrected chi connectivity index (χ4v) is 5.60. The maximum absolute atomic E-state index is 13.1. The molecule has 4 fully saturated rings. The van der Waals surface area contributed by atoms with Crippen molar-refractivity contribution in [1.82, 2.24) is 26.2 Å². The Morgan fingerprint density at radius 3 is 2.33 bits per heavy atom. The van der Waals surface area contributed by atoms with Crippen LogP contribution in [-0.2, 0) is 9.59 Å². The number of hydrogen-bond donors (Lipinski definition) is 3. The van der Waals surface area contributed by atoms with Crippen LogP contribution in [0.15, 0.2) is 30.3 Å². The lowest BCUT2D eigenvalue weighted by atomic mass is 9.82. The predicted octanol–water partition coefficient (Wildman–Crippen LogP) is 1.37. The molecular weight excluding hydrogens is 432 g/mol. The van der Waals surface area contributed by atoms with Crippen LogP contribution < -0.4 is 21.1 Å². The van der Waals surface area contributed by atoms with Gasteiger partial charge in [0.2, 0.25) is 11.8 Å². The molecule has 8 nitrogen and oxygen atoms in total. The lowest BCUT2D eigenvalue weighted by Gasteiger charge is -2.32. The summed E-state index contributed by atoms with van der Waals surface area (Å²) in [5.74, 6) is 0.982. The maximum Gasteiger partial charge on any atom is 0.387 e. The zero-order valence-electron chi connectivity index (χ0n) is 18.3. The number of fused-ring (bicyclic) bond motifs is 2. The highest BCUT2D eigenvalue weighted by atomic mass is 19.3. The van der Waals surface area contributed by atoms with Crippen LogP contribution in [0.2, 0.25) is 0 Å². The largest absolute Gasteiger partial charge is 0.435 e. The number of rotatable bonds is 5. The third-order valence-electron chi connectivity index (χ3n) is 7.35. The molecule has 178 valence electrons. The number of hydrogen-bond acceptors (Lipinski definition) is 6. The normalized spacial score (nSPS) is 31.3. The molecule has 1 aromatic carbocycles. The minimum Gasteiger partial charge on any atom is -0.435 e. The lowest BCUT2D eigenvalue weighted by molar-refractivity contribution is -0.136. The quantitative estimate of drug-likeness (QED) is 0.575. The van der Waals surface area contributed by atoms with E-state index in [2.05, 4.69) is 21.1 Å². The van der Waals surface area contributed by atoms with Crippen LogP contribution in [0.1, 0.15) is 24.8 Å².